The molecule has 0 radical (unpaired) electrons. The molecule has 0 bridgehead atoms. The lowest BCUT2D eigenvalue weighted by atomic mass is 10.3. The number of para-hydroxylation sites is 1. The predicted molar refractivity (Wildman–Crippen MR) is 77.2 cm³/mol. The molecule has 108 valence electrons. The Kier molecular flexibility index (Phi) is 6.14. The number of aromatic nitrogens is 3. The number of benzene rings is 1. The van der Waals surface area contributed by atoms with Gasteiger partial charge in [0.1, 0.15) is 0 Å². The van der Waals surface area contributed by atoms with Gasteiger partial charge in [-0.25, -0.2) is 4.68 Å². The average molecular weight is 297 g/mol. The van der Waals surface area contributed by atoms with Crippen molar-refractivity contribution in [3.63, 3.8) is 0 Å². The topological polar surface area (TPSA) is 71.2 Å². The molecule has 0 atom stereocenters. The van der Waals surface area contributed by atoms with Gasteiger partial charge in [0.25, 0.3) is 0 Å². The summed E-state index contributed by atoms with van der Waals surface area (Å²) >= 11 is 0. The molecule has 7 heteroatoms. The van der Waals surface area contributed by atoms with Crippen molar-refractivity contribution in [2.45, 2.75) is 13.0 Å². The van der Waals surface area contributed by atoms with Crippen molar-refractivity contribution in [1.82, 2.24) is 19.9 Å². The molecule has 1 aromatic carbocycles. The fourth-order valence-corrected chi connectivity index (χ4v) is 1.72. The first-order chi connectivity index (χ1) is 9.15. The molecular weight excluding hydrogens is 280 g/mol. The number of nitrogens with zero attached hydrogens (tertiary/aromatic N) is 4. The van der Waals surface area contributed by atoms with Gasteiger partial charge in [-0.1, -0.05) is 23.4 Å². The molecule has 20 heavy (non-hydrogen) atoms. The minimum atomic E-state index is -0.792. The first-order valence-corrected chi connectivity index (χ1v) is 6.02. The van der Waals surface area contributed by atoms with Crippen LogP contribution in [0.2, 0.25) is 0 Å². The number of carbonyl (C=O) groups is 1. The van der Waals surface area contributed by atoms with Gasteiger partial charge in [0.15, 0.2) is 0 Å². The molecule has 6 nitrogen and oxygen atoms in total. The highest BCUT2D eigenvalue weighted by atomic mass is 35.5. The molecule has 1 heterocycles. The van der Waals surface area contributed by atoms with Crippen LogP contribution in [-0.4, -0.2) is 44.6 Å². The molecule has 0 amide bonds. The second kappa shape index (κ2) is 7.62. The Bertz CT molecular complexity index is 544. The number of hydrogen-bond acceptors (Lipinski definition) is 4. The van der Waals surface area contributed by atoms with Gasteiger partial charge < -0.3 is 5.11 Å². The highest BCUT2D eigenvalue weighted by Crippen LogP contribution is 2.07. The van der Waals surface area contributed by atoms with Gasteiger partial charge in [0.05, 0.1) is 24.0 Å². The average Bonchev–Trinajstić information content (AvgIpc) is 2.86. The predicted octanol–water partition coefficient (Wildman–Crippen LogP) is 1.60. The van der Waals surface area contributed by atoms with Crippen LogP contribution in [0.3, 0.4) is 0 Å². The fraction of sp³-hybridized carbons (Fsp3) is 0.308. The zero-order valence-electron chi connectivity index (χ0n) is 11.1. The normalized spacial score (nSPS) is 10.3. The van der Waals surface area contributed by atoms with Gasteiger partial charge in [-0.05, 0) is 19.2 Å². The summed E-state index contributed by atoms with van der Waals surface area (Å²) in [5.41, 5.74) is 1.77. The quantitative estimate of drug-likeness (QED) is 0.876. The van der Waals surface area contributed by atoms with Crippen molar-refractivity contribution in [2.24, 2.45) is 0 Å². The van der Waals surface area contributed by atoms with Crippen LogP contribution >= 0.6 is 12.4 Å². The SMILES string of the molecule is CN(CCC(=O)O)Cc1cn(-c2ccccc2)nn1.Cl. The van der Waals surface area contributed by atoms with Crippen LogP contribution in [0, 0.1) is 0 Å². The molecule has 0 aliphatic heterocycles. The Morgan fingerprint density at radius 2 is 2.05 bits per heavy atom. The summed E-state index contributed by atoms with van der Waals surface area (Å²) in [6.45, 7) is 1.08. The van der Waals surface area contributed by atoms with Gasteiger partial charge in [-0.3, -0.25) is 9.69 Å². The lowest BCUT2D eigenvalue weighted by Gasteiger charge is -2.12. The van der Waals surface area contributed by atoms with E-state index in [0.717, 1.165) is 11.4 Å². The fourth-order valence-electron chi connectivity index (χ4n) is 1.72. The van der Waals surface area contributed by atoms with E-state index in [4.69, 9.17) is 5.11 Å². The van der Waals surface area contributed by atoms with Crippen molar-refractivity contribution in [2.75, 3.05) is 13.6 Å². The van der Waals surface area contributed by atoms with E-state index in [1.165, 1.54) is 0 Å². The Hall–Kier alpha value is -1.92. The summed E-state index contributed by atoms with van der Waals surface area (Å²) in [6, 6.07) is 9.73. The molecule has 0 spiro atoms. The van der Waals surface area contributed by atoms with Gasteiger partial charge in [0, 0.05) is 13.1 Å². The van der Waals surface area contributed by atoms with E-state index in [9.17, 15) is 4.79 Å². The first-order valence-electron chi connectivity index (χ1n) is 6.02. The molecule has 0 saturated carbocycles. The molecule has 1 N–H and O–H groups in total. The number of hydrogen-bond donors (Lipinski definition) is 1. The van der Waals surface area contributed by atoms with E-state index in [1.54, 1.807) is 4.68 Å². The summed E-state index contributed by atoms with van der Waals surface area (Å²) in [6.07, 6.45) is 1.98. The Morgan fingerprint density at radius 3 is 2.70 bits per heavy atom. The summed E-state index contributed by atoms with van der Waals surface area (Å²) in [7, 11) is 1.87. The smallest absolute Gasteiger partial charge is 0.304 e. The van der Waals surface area contributed by atoms with E-state index in [2.05, 4.69) is 10.3 Å². The number of halogens is 1. The van der Waals surface area contributed by atoms with Crippen LogP contribution in [0.4, 0.5) is 0 Å². The molecule has 2 rings (SSSR count). The lowest BCUT2D eigenvalue weighted by molar-refractivity contribution is -0.137. The van der Waals surface area contributed by atoms with E-state index in [-0.39, 0.29) is 18.8 Å². The maximum absolute atomic E-state index is 10.5. The van der Waals surface area contributed by atoms with Crippen molar-refractivity contribution < 1.29 is 9.90 Å². The maximum atomic E-state index is 10.5. The summed E-state index contributed by atoms with van der Waals surface area (Å²) in [5.74, 6) is -0.792. The molecular formula is C13H17ClN4O2. The Labute approximate surface area is 123 Å². The molecule has 0 aliphatic rings. The number of rotatable bonds is 6. The number of aliphatic carboxylic acids is 1. The third-order valence-corrected chi connectivity index (χ3v) is 2.70. The molecule has 0 saturated heterocycles. The number of carboxylic acid groups (broad SMARTS) is 1. The molecule has 1 aromatic heterocycles. The van der Waals surface area contributed by atoms with Crippen LogP contribution in [0.15, 0.2) is 36.5 Å². The molecule has 0 unspecified atom stereocenters. The van der Waals surface area contributed by atoms with Crippen molar-refractivity contribution >= 4 is 18.4 Å². The zero-order valence-corrected chi connectivity index (χ0v) is 12.0. The van der Waals surface area contributed by atoms with Crippen LogP contribution in [0.1, 0.15) is 12.1 Å². The van der Waals surface area contributed by atoms with Crippen LogP contribution in [0.25, 0.3) is 5.69 Å². The van der Waals surface area contributed by atoms with Crippen molar-refractivity contribution in [1.29, 1.82) is 0 Å². The van der Waals surface area contributed by atoms with E-state index >= 15 is 0 Å². The highest BCUT2D eigenvalue weighted by Gasteiger charge is 2.07. The third kappa shape index (κ3) is 4.64. The minimum absolute atomic E-state index is 0. The minimum Gasteiger partial charge on any atom is -0.481 e. The van der Waals surface area contributed by atoms with Crippen molar-refractivity contribution in [3.05, 3.63) is 42.2 Å². The highest BCUT2D eigenvalue weighted by molar-refractivity contribution is 5.85. The summed E-state index contributed by atoms with van der Waals surface area (Å²) in [4.78, 5) is 12.4. The Morgan fingerprint density at radius 1 is 1.35 bits per heavy atom. The standard InChI is InChI=1S/C13H16N4O2.ClH/c1-16(8-7-13(18)19)9-11-10-17(15-14-11)12-5-3-2-4-6-12;/h2-6,10H,7-9H2,1H3,(H,18,19);1H. The second-order valence-corrected chi connectivity index (χ2v) is 4.37. The van der Waals surface area contributed by atoms with Crippen LogP contribution < -0.4 is 0 Å². The monoisotopic (exact) mass is 296 g/mol. The summed E-state index contributed by atoms with van der Waals surface area (Å²) in [5, 5.41) is 16.8. The summed E-state index contributed by atoms with van der Waals surface area (Å²) < 4.78 is 1.71. The van der Waals surface area contributed by atoms with E-state index in [0.29, 0.717) is 13.1 Å². The lowest BCUT2D eigenvalue weighted by Crippen LogP contribution is -2.21. The first kappa shape index (κ1) is 16.1. The van der Waals surface area contributed by atoms with Gasteiger partial charge in [-0.2, -0.15) is 0 Å². The van der Waals surface area contributed by atoms with Crippen LogP contribution in [-0.2, 0) is 11.3 Å². The molecule has 0 fully saturated rings. The van der Waals surface area contributed by atoms with Gasteiger partial charge in [-0.15, -0.1) is 17.5 Å². The van der Waals surface area contributed by atoms with Crippen molar-refractivity contribution in [3.8, 4) is 5.69 Å². The van der Waals surface area contributed by atoms with Crippen LogP contribution in [0.5, 0.6) is 0 Å². The zero-order chi connectivity index (χ0) is 13.7. The van der Waals surface area contributed by atoms with E-state index in [1.807, 2.05) is 48.5 Å². The van der Waals surface area contributed by atoms with Gasteiger partial charge in [0.2, 0.25) is 0 Å². The molecule has 0 aliphatic carbocycles. The number of carboxylic acids is 1. The van der Waals surface area contributed by atoms with E-state index < -0.39 is 5.97 Å². The largest absolute Gasteiger partial charge is 0.481 e. The maximum Gasteiger partial charge on any atom is 0.304 e. The Balaban J connectivity index is 0.00000200. The third-order valence-electron chi connectivity index (χ3n) is 2.70. The van der Waals surface area contributed by atoms with Gasteiger partial charge >= 0.3 is 5.97 Å². The molecule has 2 aromatic rings. The second-order valence-electron chi connectivity index (χ2n) is 4.37.